The van der Waals surface area contributed by atoms with Gasteiger partial charge in [-0.2, -0.15) is 13.2 Å². The maximum Gasteiger partial charge on any atom is 0.449 e. The predicted molar refractivity (Wildman–Crippen MR) is 162 cm³/mol. The van der Waals surface area contributed by atoms with Crippen molar-refractivity contribution in [2.45, 2.75) is 50.3 Å². The van der Waals surface area contributed by atoms with Gasteiger partial charge in [0.2, 0.25) is 5.76 Å². The van der Waals surface area contributed by atoms with Crippen LogP contribution in [0, 0.1) is 6.92 Å². The number of aromatic nitrogens is 1. The molecule has 2 aromatic heterocycles. The number of hydrogen-bond donors (Lipinski definition) is 0. The standard InChI is InChI=1S/C34H31F3N2O3S/c1-22-10-13-25-8-6-18-38-30(25)31(22)43-39(21-28-16-17-29(42-28)34(35,36)37)20-23-11-14-24(15-12-23)26-7-5-9-27(19-26)33(2,3)32(40)41-4/h5-19H,20-21H2,1-4H3. The summed E-state index contributed by atoms with van der Waals surface area (Å²) in [6.07, 6.45) is -2.82. The molecule has 0 amide bonds. The number of carbonyl (C=O) groups excluding carboxylic acids is 1. The third kappa shape index (κ3) is 6.78. The van der Waals surface area contributed by atoms with Crippen molar-refractivity contribution in [3.8, 4) is 11.1 Å². The molecular formula is C34H31F3N2O3S. The average Bonchev–Trinajstić information content (AvgIpc) is 3.48. The Labute approximate surface area is 252 Å². The molecule has 0 aliphatic heterocycles. The molecule has 43 heavy (non-hydrogen) atoms. The highest BCUT2D eigenvalue weighted by molar-refractivity contribution is 7.97. The summed E-state index contributed by atoms with van der Waals surface area (Å²) in [6.45, 7) is 6.24. The van der Waals surface area contributed by atoms with Gasteiger partial charge in [-0.3, -0.25) is 9.78 Å². The molecule has 0 spiro atoms. The van der Waals surface area contributed by atoms with Gasteiger partial charge < -0.3 is 9.15 Å². The molecule has 0 atom stereocenters. The van der Waals surface area contributed by atoms with Crippen LogP contribution in [0.3, 0.4) is 0 Å². The molecule has 5 rings (SSSR count). The second-order valence-electron chi connectivity index (χ2n) is 10.8. The van der Waals surface area contributed by atoms with Gasteiger partial charge in [0.1, 0.15) is 5.76 Å². The summed E-state index contributed by atoms with van der Waals surface area (Å²) in [6, 6.07) is 26.0. The number of furan rings is 1. The Kier molecular flexibility index (Phi) is 8.66. The van der Waals surface area contributed by atoms with Crippen LogP contribution in [-0.4, -0.2) is 22.4 Å². The molecular weight excluding hydrogens is 573 g/mol. The van der Waals surface area contributed by atoms with Crippen molar-refractivity contribution in [1.29, 1.82) is 0 Å². The van der Waals surface area contributed by atoms with Crippen molar-refractivity contribution in [2.24, 2.45) is 0 Å². The minimum absolute atomic E-state index is 0.149. The Bertz CT molecular complexity index is 1750. The minimum Gasteiger partial charge on any atom is -0.468 e. The third-order valence-electron chi connectivity index (χ3n) is 7.34. The van der Waals surface area contributed by atoms with Crippen molar-refractivity contribution in [1.82, 2.24) is 9.29 Å². The maximum absolute atomic E-state index is 13.2. The number of ether oxygens (including phenoxy) is 1. The first-order valence-electron chi connectivity index (χ1n) is 13.7. The normalized spacial score (nSPS) is 12.2. The van der Waals surface area contributed by atoms with Crippen molar-refractivity contribution >= 4 is 28.8 Å². The fraction of sp³-hybridized carbons (Fsp3) is 0.235. The van der Waals surface area contributed by atoms with E-state index in [0.717, 1.165) is 49.7 Å². The molecule has 0 fully saturated rings. The van der Waals surface area contributed by atoms with Gasteiger partial charge in [-0.25, -0.2) is 4.31 Å². The predicted octanol–water partition coefficient (Wildman–Crippen LogP) is 8.98. The summed E-state index contributed by atoms with van der Waals surface area (Å²) in [4.78, 5) is 17.9. The summed E-state index contributed by atoms with van der Waals surface area (Å²) in [5.41, 5.74) is 4.80. The number of fused-ring (bicyclic) bond motifs is 1. The number of hydrogen-bond acceptors (Lipinski definition) is 6. The zero-order valence-corrected chi connectivity index (χ0v) is 25.1. The number of alkyl halides is 3. The fourth-order valence-electron chi connectivity index (χ4n) is 4.84. The monoisotopic (exact) mass is 604 g/mol. The third-order valence-corrected chi connectivity index (χ3v) is 8.56. The Morgan fingerprint density at radius 3 is 2.40 bits per heavy atom. The molecule has 0 aliphatic carbocycles. The molecule has 5 nitrogen and oxygen atoms in total. The molecule has 0 unspecified atom stereocenters. The molecule has 5 aromatic rings. The Morgan fingerprint density at radius 1 is 0.930 bits per heavy atom. The molecule has 0 saturated carbocycles. The lowest BCUT2D eigenvalue weighted by molar-refractivity contribution is -0.153. The van der Waals surface area contributed by atoms with Gasteiger partial charge in [0.15, 0.2) is 0 Å². The second kappa shape index (κ2) is 12.3. The van der Waals surface area contributed by atoms with Crippen LogP contribution in [0.4, 0.5) is 13.2 Å². The van der Waals surface area contributed by atoms with E-state index in [9.17, 15) is 18.0 Å². The number of nitrogens with zero attached hydrogens (tertiary/aromatic N) is 2. The molecule has 0 N–H and O–H groups in total. The van der Waals surface area contributed by atoms with E-state index in [1.54, 1.807) is 6.20 Å². The van der Waals surface area contributed by atoms with Crippen LogP contribution >= 0.6 is 11.9 Å². The first kappa shape index (κ1) is 30.4. The van der Waals surface area contributed by atoms with Gasteiger partial charge >= 0.3 is 12.1 Å². The topological polar surface area (TPSA) is 55.6 Å². The molecule has 0 bridgehead atoms. The second-order valence-corrected chi connectivity index (χ2v) is 11.9. The quantitative estimate of drug-likeness (QED) is 0.124. The van der Waals surface area contributed by atoms with Crippen molar-refractivity contribution in [2.75, 3.05) is 7.11 Å². The van der Waals surface area contributed by atoms with Crippen LogP contribution in [0.15, 0.2) is 100 Å². The van der Waals surface area contributed by atoms with Gasteiger partial charge in [-0.05, 0) is 78.7 Å². The van der Waals surface area contributed by atoms with E-state index in [1.807, 2.05) is 97.9 Å². The zero-order valence-electron chi connectivity index (χ0n) is 24.2. The number of aryl methyl sites for hydroxylation is 1. The number of pyridine rings is 1. The number of esters is 1. The molecule has 222 valence electrons. The smallest absolute Gasteiger partial charge is 0.449 e. The molecule has 9 heteroatoms. The molecule has 2 heterocycles. The van der Waals surface area contributed by atoms with Crippen molar-refractivity contribution in [3.05, 3.63) is 119 Å². The van der Waals surface area contributed by atoms with Crippen LogP contribution in [0.25, 0.3) is 22.0 Å². The Balaban J connectivity index is 1.43. The number of carbonyl (C=O) groups is 1. The maximum atomic E-state index is 13.2. The largest absolute Gasteiger partial charge is 0.468 e. The van der Waals surface area contributed by atoms with E-state index >= 15 is 0 Å². The van der Waals surface area contributed by atoms with Gasteiger partial charge in [0.05, 0.1) is 29.5 Å². The van der Waals surface area contributed by atoms with E-state index in [4.69, 9.17) is 9.15 Å². The lowest BCUT2D eigenvalue weighted by atomic mass is 9.83. The Morgan fingerprint density at radius 2 is 1.70 bits per heavy atom. The molecule has 0 aliphatic rings. The van der Waals surface area contributed by atoms with Crippen LogP contribution < -0.4 is 0 Å². The average molecular weight is 605 g/mol. The van der Waals surface area contributed by atoms with E-state index < -0.39 is 17.4 Å². The van der Waals surface area contributed by atoms with Gasteiger partial charge in [-0.15, -0.1) is 0 Å². The van der Waals surface area contributed by atoms with E-state index in [0.29, 0.717) is 6.54 Å². The highest BCUT2D eigenvalue weighted by Crippen LogP contribution is 2.36. The van der Waals surface area contributed by atoms with Crippen molar-refractivity contribution in [3.63, 3.8) is 0 Å². The summed E-state index contributed by atoms with van der Waals surface area (Å²) in [5, 5.41) is 0.981. The van der Waals surface area contributed by atoms with Gasteiger partial charge in [-0.1, -0.05) is 66.7 Å². The van der Waals surface area contributed by atoms with Gasteiger partial charge in [0.25, 0.3) is 0 Å². The number of benzene rings is 3. The highest BCUT2D eigenvalue weighted by Gasteiger charge is 2.35. The van der Waals surface area contributed by atoms with Crippen LogP contribution in [-0.2, 0) is 34.2 Å². The van der Waals surface area contributed by atoms with Crippen LogP contribution in [0.5, 0.6) is 0 Å². The summed E-state index contributed by atoms with van der Waals surface area (Å²) in [7, 11) is 1.38. The zero-order chi connectivity index (χ0) is 30.8. The molecule has 3 aromatic carbocycles. The number of rotatable bonds is 9. The fourth-order valence-corrected chi connectivity index (χ4v) is 5.97. The SMILES string of the molecule is COC(=O)C(C)(C)c1cccc(-c2ccc(CN(Cc3ccc(C(F)(F)F)o3)Sc3c(C)ccc4cccnc34)cc2)c1. The minimum atomic E-state index is -4.55. The summed E-state index contributed by atoms with van der Waals surface area (Å²) in [5.74, 6) is -1.11. The molecule has 0 saturated heterocycles. The Hall–Kier alpha value is -4.08. The highest BCUT2D eigenvalue weighted by atomic mass is 32.2. The van der Waals surface area contributed by atoms with E-state index in [2.05, 4.69) is 4.98 Å². The summed E-state index contributed by atoms with van der Waals surface area (Å²) >= 11 is 1.45. The first-order chi connectivity index (χ1) is 20.5. The van der Waals surface area contributed by atoms with E-state index in [1.165, 1.54) is 25.1 Å². The van der Waals surface area contributed by atoms with Crippen molar-refractivity contribution < 1.29 is 27.1 Å². The molecule has 0 radical (unpaired) electrons. The van der Waals surface area contributed by atoms with E-state index in [-0.39, 0.29) is 18.3 Å². The van der Waals surface area contributed by atoms with Crippen LogP contribution in [0.2, 0.25) is 0 Å². The van der Waals surface area contributed by atoms with Gasteiger partial charge in [0, 0.05) is 18.1 Å². The number of methoxy groups -OCH3 is 1. The first-order valence-corrected chi connectivity index (χ1v) is 14.4. The van der Waals surface area contributed by atoms with Crippen LogP contribution in [0.1, 0.15) is 42.1 Å². The summed E-state index contributed by atoms with van der Waals surface area (Å²) < 4.78 is 51.9. The lowest BCUT2D eigenvalue weighted by Gasteiger charge is -2.23. The number of halogens is 3. The lowest BCUT2D eigenvalue weighted by Crippen LogP contribution is -2.30.